The molecule has 3 aromatic heterocycles. The van der Waals surface area contributed by atoms with Crippen molar-refractivity contribution in [2.45, 2.75) is 109 Å². The van der Waals surface area contributed by atoms with Crippen molar-refractivity contribution in [3.8, 4) is 5.75 Å². The number of nitrogens with zero attached hydrogens (tertiary/aromatic N) is 6. The van der Waals surface area contributed by atoms with E-state index in [0.29, 0.717) is 48.6 Å². The van der Waals surface area contributed by atoms with E-state index in [0.717, 1.165) is 24.2 Å². The largest absolute Gasteiger partial charge is 0.484 e. The van der Waals surface area contributed by atoms with E-state index in [1.54, 1.807) is 20.3 Å². The van der Waals surface area contributed by atoms with Crippen LogP contribution >= 0.6 is 0 Å². The van der Waals surface area contributed by atoms with Gasteiger partial charge in [-0.1, -0.05) is 45.0 Å². The highest BCUT2D eigenvalue weighted by Gasteiger charge is 2.38. The number of ketones is 1. The second-order valence-corrected chi connectivity index (χ2v) is 16.0. The minimum absolute atomic E-state index is 0.113. The first-order chi connectivity index (χ1) is 24.6. The molecule has 52 heavy (non-hydrogen) atoms. The number of carbonyl (C=O) groups is 2. The van der Waals surface area contributed by atoms with E-state index < -0.39 is 11.6 Å². The second kappa shape index (κ2) is 14.5. The molecule has 0 bridgehead atoms. The van der Waals surface area contributed by atoms with E-state index in [2.05, 4.69) is 49.5 Å². The number of anilines is 1. The zero-order valence-corrected chi connectivity index (χ0v) is 31.8. The highest BCUT2D eigenvalue weighted by Crippen LogP contribution is 2.39. The molecule has 0 radical (unpaired) electrons. The first-order valence-electron chi connectivity index (χ1n) is 18.0. The molecule has 2 N–H and O–H groups in total. The standard InChI is InChI=1S/C39H52N8O5/c1-37(2,3)31-20-32(42-34(41-31)29(48)18-19-38(4,5)46-21-25(22-46)50-8)43-36(49)40-28-15-16-30(27-13-11-10-12-26(27)28)52-24-14-17-33-44-45-35(47(33)23-24)39(6,7)51-9/h10-14,17,20,23,25,28,30H,15-16,18-19,21-22H2,1-9H3,(H2,40,41,42,43,49)/t28-,30+/m0/s1. The SMILES string of the molecule is COC1CN(C(C)(C)CCC(=O)c2nc(NC(=O)N[C@H]3CC[C@@H](Oc4ccc5nnc(C(C)(C)OC)n5c4)c4ccccc43)cc(C(C)(C)C)n2)C1. The van der Waals surface area contributed by atoms with Gasteiger partial charge in [-0.05, 0) is 70.2 Å². The summed E-state index contributed by atoms with van der Waals surface area (Å²) in [5.41, 5.74) is 2.20. The number of ether oxygens (including phenoxy) is 3. The molecule has 1 aliphatic carbocycles. The molecule has 13 heteroatoms. The number of hydrogen-bond donors (Lipinski definition) is 2. The van der Waals surface area contributed by atoms with E-state index >= 15 is 0 Å². The average molecular weight is 713 g/mol. The molecule has 2 aliphatic rings. The Balaban J connectivity index is 1.14. The Morgan fingerprint density at radius 1 is 0.923 bits per heavy atom. The van der Waals surface area contributed by atoms with E-state index in [1.807, 2.05) is 81.6 Å². The van der Waals surface area contributed by atoms with Crippen molar-refractivity contribution in [1.82, 2.24) is 34.8 Å². The average Bonchev–Trinajstić information content (AvgIpc) is 3.51. The molecule has 2 amide bonds. The van der Waals surface area contributed by atoms with Crippen molar-refractivity contribution < 1.29 is 23.8 Å². The molecular weight excluding hydrogens is 660 g/mol. The predicted molar refractivity (Wildman–Crippen MR) is 198 cm³/mol. The lowest BCUT2D eigenvalue weighted by atomic mass is 9.85. The minimum Gasteiger partial charge on any atom is -0.484 e. The van der Waals surface area contributed by atoms with Gasteiger partial charge in [-0.3, -0.25) is 19.4 Å². The van der Waals surface area contributed by atoms with Crippen molar-refractivity contribution >= 4 is 23.3 Å². The number of rotatable bonds is 12. The van der Waals surface area contributed by atoms with E-state index in [4.69, 9.17) is 14.2 Å². The number of aromatic nitrogens is 5. The summed E-state index contributed by atoms with van der Waals surface area (Å²) in [4.78, 5) is 38.5. The summed E-state index contributed by atoms with van der Waals surface area (Å²) in [7, 11) is 3.38. The van der Waals surface area contributed by atoms with Crippen LogP contribution in [0.4, 0.5) is 10.6 Å². The lowest BCUT2D eigenvalue weighted by Gasteiger charge is -2.48. The van der Waals surface area contributed by atoms with Crippen molar-refractivity contribution in [2.75, 3.05) is 32.6 Å². The molecule has 13 nitrogen and oxygen atoms in total. The maximum absolute atomic E-state index is 13.5. The number of Topliss-reactive ketones (excluding diaryl/α,β-unsaturated/α-hetero) is 1. The molecule has 2 atom stereocenters. The highest BCUT2D eigenvalue weighted by molar-refractivity contribution is 5.94. The number of methoxy groups -OCH3 is 2. The number of carbonyl (C=O) groups excluding carboxylic acids is 2. The lowest BCUT2D eigenvalue weighted by Crippen LogP contribution is -2.60. The molecule has 0 spiro atoms. The Hall–Kier alpha value is -4.46. The Labute approximate surface area is 305 Å². The van der Waals surface area contributed by atoms with Crippen molar-refractivity contribution in [3.63, 3.8) is 0 Å². The van der Waals surface area contributed by atoms with Crippen LogP contribution in [0.3, 0.4) is 0 Å². The van der Waals surface area contributed by atoms with Crippen LogP contribution in [-0.2, 0) is 20.5 Å². The summed E-state index contributed by atoms with van der Waals surface area (Å²) in [6.07, 6.45) is 4.20. The highest BCUT2D eigenvalue weighted by atomic mass is 16.5. The van der Waals surface area contributed by atoms with E-state index in [9.17, 15) is 9.59 Å². The number of hydrogen-bond acceptors (Lipinski definition) is 10. The van der Waals surface area contributed by atoms with Crippen LogP contribution in [-0.4, -0.2) is 80.2 Å². The summed E-state index contributed by atoms with van der Waals surface area (Å²) in [6.45, 7) is 15.9. The quantitative estimate of drug-likeness (QED) is 0.155. The first kappa shape index (κ1) is 37.3. The Kier molecular flexibility index (Phi) is 10.4. The molecule has 6 rings (SSSR count). The molecule has 4 aromatic rings. The van der Waals surface area contributed by atoms with Gasteiger partial charge < -0.3 is 19.5 Å². The molecular formula is C39H52N8O5. The van der Waals surface area contributed by atoms with Gasteiger partial charge in [0.25, 0.3) is 0 Å². The van der Waals surface area contributed by atoms with Crippen LogP contribution in [0.15, 0.2) is 48.7 Å². The van der Waals surface area contributed by atoms with Crippen molar-refractivity contribution in [3.05, 3.63) is 77.1 Å². The number of benzene rings is 1. The third-order valence-corrected chi connectivity index (χ3v) is 10.4. The Morgan fingerprint density at radius 2 is 1.65 bits per heavy atom. The first-order valence-corrected chi connectivity index (χ1v) is 18.0. The van der Waals surface area contributed by atoms with E-state index in [-0.39, 0.29) is 46.6 Å². The zero-order chi connectivity index (χ0) is 37.4. The Bertz CT molecular complexity index is 1930. The summed E-state index contributed by atoms with van der Waals surface area (Å²) < 4.78 is 19.5. The maximum atomic E-state index is 13.5. The monoisotopic (exact) mass is 712 g/mol. The third kappa shape index (κ3) is 7.96. The van der Waals surface area contributed by atoms with Gasteiger partial charge in [-0.25, -0.2) is 14.8 Å². The number of urea groups is 1. The van der Waals surface area contributed by atoms with Gasteiger partial charge >= 0.3 is 6.03 Å². The van der Waals surface area contributed by atoms with Crippen molar-refractivity contribution in [1.29, 1.82) is 0 Å². The molecule has 1 aliphatic heterocycles. The molecule has 1 aromatic carbocycles. The fraction of sp³-hybridized carbons (Fsp3) is 0.538. The van der Waals surface area contributed by atoms with Crippen LogP contribution in [0.1, 0.15) is 120 Å². The fourth-order valence-electron chi connectivity index (χ4n) is 6.73. The normalized spacial score (nSPS) is 18.5. The smallest absolute Gasteiger partial charge is 0.320 e. The van der Waals surface area contributed by atoms with Crippen LogP contribution < -0.4 is 15.4 Å². The van der Waals surface area contributed by atoms with Crippen LogP contribution in [0.5, 0.6) is 5.75 Å². The molecule has 1 saturated heterocycles. The van der Waals surface area contributed by atoms with Gasteiger partial charge in [-0.2, -0.15) is 0 Å². The van der Waals surface area contributed by atoms with Crippen LogP contribution in [0, 0.1) is 0 Å². The van der Waals surface area contributed by atoms with Gasteiger partial charge in [0.1, 0.15) is 23.3 Å². The lowest BCUT2D eigenvalue weighted by molar-refractivity contribution is -0.0775. The van der Waals surface area contributed by atoms with Gasteiger partial charge in [-0.15, -0.1) is 10.2 Å². The number of fused-ring (bicyclic) bond motifs is 2. The second-order valence-electron chi connectivity index (χ2n) is 16.0. The number of likely N-dealkylation sites (tertiary alicyclic amines) is 1. The molecule has 0 saturated carbocycles. The van der Waals surface area contributed by atoms with Gasteiger partial charge in [0, 0.05) is 50.8 Å². The molecule has 1 fully saturated rings. The molecule has 0 unspecified atom stereocenters. The minimum atomic E-state index is -0.633. The topological polar surface area (TPSA) is 145 Å². The van der Waals surface area contributed by atoms with Crippen molar-refractivity contribution in [2.24, 2.45) is 0 Å². The maximum Gasteiger partial charge on any atom is 0.320 e. The fourth-order valence-corrected chi connectivity index (χ4v) is 6.73. The van der Waals surface area contributed by atoms with Gasteiger partial charge in [0.05, 0.1) is 24.0 Å². The molecule has 278 valence electrons. The van der Waals surface area contributed by atoms with Crippen LogP contribution in [0.2, 0.25) is 0 Å². The molecule has 4 heterocycles. The zero-order valence-electron chi connectivity index (χ0n) is 31.8. The summed E-state index contributed by atoms with van der Waals surface area (Å²) in [5, 5.41) is 14.7. The van der Waals surface area contributed by atoms with E-state index in [1.165, 1.54) is 0 Å². The summed E-state index contributed by atoms with van der Waals surface area (Å²) >= 11 is 0. The third-order valence-electron chi connectivity index (χ3n) is 10.4. The predicted octanol–water partition coefficient (Wildman–Crippen LogP) is 6.55. The number of pyridine rings is 1. The summed E-state index contributed by atoms with van der Waals surface area (Å²) in [6, 6.07) is 12.9. The van der Waals surface area contributed by atoms with Crippen LogP contribution in [0.25, 0.3) is 5.65 Å². The number of nitrogens with one attached hydrogen (secondary N) is 2. The van der Waals surface area contributed by atoms with Gasteiger partial charge in [0.15, 0.2) is 23.1 Å². The Morgan fingerprint density at radius 3 is 2.35 bits per heavy atom. The number of amides is 2. The van der Waals surface area contributed by atoms with Gasteiger partial charge in [0.2, 0.25) is 0 Å². The summed E-state index contributed by atoms with van der Waals surface area (Å²) in [5.74, 6) is 1.60.